The first-order chi connectivity index (χ1) is 5.27. The summed E-state index contributed by atoms with van der Waals surface area (Å²) >= 11 is 0. The maximum absolute atomic E-state index is 11.2. The van der Waals surface area contributed by atoms with E-state index in [1.807, 2.05) is 0 Å². The molecule has 0 aromatic rings. The van der Waals surface area contributed by atoms with Crippen LogP contribution in [0.4, 0.5) is 13.2 Å². The first kappa shape index (κ1) is 9.87. The van der Waals surface area contributed by atoms with E-state index in [4.69, 9.17) is 0 Å². The number of ether oxygens (including phenoxy) is 2. The summed E-state index contributed by atoms with van der Waals surface area (Å²) in [6, 6.07) is 0. The third kappa shape index (κ3) is 8.87. The van der Waals surface area contributed by atoms with Crippen molar-refractivity contribution in [3.63, 3.8) is 0 Å². The molecule has 0 fully saturated rings. The highest BCUT2D eigenvalue weighted by Gasteiger charge is 1.87. The van der Waals surface area contributed by atoms with Crippen LogP contribution in [0.3, 0.4) is 0 Å². The molecule has 0 heterocycles. The Morgan fingerprint density at radius 2 is 1.82 bits per heavy atom. The number of hydrogen-bond donors (Lipinski definition) is 0. The molecule has 64 valence electrons. The van der Waals surface area contributed by atoms with Crippen LogP contribution in [0.15, 0.2) is 24.9 Å². The Balaban J connectivity index is 3.09. The van der Waals surface area contributed by atoms with Crippen LogP contribution in [0.25, 0.3) is 0 Å². The molecule has 5 heteroatoms. The van der Waals surface area contributed by atoms with E-state index in [1.54, 1.807) is 0 Å². The maximum atomic E-state index is 11.2. The Morgan fingerprint density at radius 1 is 1.18 bits per heavy atom. The lowest BCUT2D eigenvalue weighted by molar-refractivity contribution is 0.140. The van der Waals surface area contributed by atoms with Crippen molar-refractivity contribution >= 4 is 0 Å². The van der Waals surface area contributed by atoms with E-state index in [9.17, 15) is 13.2 Å². The third-order valence-corrected chi connectivity index (χ3v) is 0.639. The van der Waals surface area contributed by atoms with Crippen LogP contribution in [-0.4, -0.2) is 13.2 Å². The summed E-state index contributed by atoms with van der Waals surface area (Å²) in [6.45, 7) is -0.00806. The van der Waals surface area contributed by atoms with E-state index in [1.165, 1.54) is 0 Å². The fraction of sp³-hybridized carbons (Fsp3) is 0.333. The minimum absolute atomic E-state index is 0.0319. The lowest BCUT2D eigenvalue weighted by Crippen LogP contribution is -1.96. The van der Waals surface area contributed by atoms with Gasteiger partial charge in [-0.1, -0.05) is 0 Å². The highest BCUT2D eigenvalue weighted by atomic mass is 19.3. The Hall–Kier alpha value is -1.13. The largest absolute Gasteiger partial charge is 0.495 e. The molecule has 0 aliphatic carbocycles. The van der Waals surface area contributed by atoms with Gasteiger partial charge < -0.3 is 9.47 Å². The number of rotatable bonds is 5. The molecule has 0 atom stereocenters. The van der Waals surface area contributed by atoms with Crippen LogP contribution in [0.1, 0.15) is 0 Å². The lowest BCUT2D eigenvalue weighted by atomic mass is 10.8. The fourth-order valence-corrected chi connectivity index (χ4v) is 0.323. The monoisotopic (exact) mass is 168 g/mol. The zero-order valence-electron chi connectivity index (χ0n) is 5.60. The van der Waals surface area contributed by atoms with Gasteiger partial charge in [-0.3, -0.25) is 0 Å². The smallest absolute Gasteiger partial charge is 0.304 e. The summed E-state index contributed by atoms with van der Waals surface area (Å²) in [5, 5.41) is 0. The van der Waals surface area contributed by atoms with Gasteiger partial charge in [0.2, 0.25) is 0 Å². The molecule has 0 N–H and O–H groups in total. The van der Waals surface area contributed by atoms with E-state index < -0.39 is 6.08 Å². The van der Waals surface area contributed by atoms with Gasteiger partial charge in [-0.05, 0) is 0 Å². The fourth-order valence-electron chi connectivity index (χ4n) is 0.323. The summed E-state index contributed by atoms with van der Waals surface area (Å²) < 4.78 is 42.3. The molecule has 11 heavy (non-hydrogen) atoms. The highest BCUT2D eigenvalue weighted by Crippen LogP contribution is 1.95. The van der Waals surface area contributed by atoms with Gasteiger partial charge in [-0.2, -0.15) is 8.78 Å². The van der Waals surface area contributed by atoms with E-state index in [0.717, 1.165) is 6.26 Å². The lowest BCUT2D eigenvalue weighted by Gasteiger charge is -1.98. The molecule has 0 radical (unpaired) electrons. The van der Waals surface area contributed by atoms with Crippen molar-refractivity contribution in [1.29, 1.82) is 0 Å². The Kier molecular flexibility index (Phi) is 6.27. The summed E-state index contributed by atoms with van der Waals surface area (Å²) in [6.07, 6.45) is -0.599. The second-order valence-corrected chi connectivity index (χ2v) is 1.41. The molecular formula is C6H7F3O2. The van der Waals surface area contributed by atoms with Gasteiger partial charge in [0.05, 0.1) is 0 Å². The molecule has 0 aliphatic heterocycles. The Bertz CT molecular complexity index is 141. The summed E-state index contributed by atoms with van der Waals surface area (Å²) in [7, 11) is 0. The SMILES string of the molecule is F/C=C/OCCOC=C(F)F. The highest BCUT2D eigenvalue weighted by molar-refractivity contribution is 4.69. The summed E-state index contributed by atoms with van der Waals surface area (Å²) in [4.78, 5) is 0. The van der Waals surface area contributed by atoms with E-state index >= 15 is 0 Å². The third-order valence-electron chi connectivity index (χ3n) is 0.639. The van der Waals surface area contributed by atoms with E-state index in [-0.39, 0.29) is 19.5 Å². The molecule has 0 saturated carbocycles. The molecule has 0 unspecified atom stereocenters. The quantitative estimate of drug-likeness (QED) is 0.462. The number of halogens is 3. The average molecular weight is 168 g/mol. The minimum Gasteiger partial charge on any atom is -0.495 e. The Labute approximate surface area is 61.9 Å². The van der Waals surface area contributed by atoms with Gasteiger partial charge >= 0.3 is 6.08 Å². The molecule has 0 rings (SSSR count). The summed E-state index contributed by atoms with van der Waals surface area (Å²) in [5.74, 6) is 0. The maximum Gasteiger partial charge on any atom is 0.304 e. The van der Waals surface area contributed by atoms with Crippen molar-refractivity contribution < 1.29 is 22.6 Å². The van der Waals surface area contributed by atoms with Gasteiger partial charge in [0, 0.05) is 0 Å². The van der Waals surface area contributed by atoms with Gasteiger partial charge in [0.1, 0.15) is 32.1 Å². The first-order valence-electron chi connectivity index (χ1n) is 2.77. The molecule has 0 aromatic heterocycles. The van der Waals surface area contributed by atoms with Crippen LogP contribution in [-0.2, 0) is 9.47 Å². The van der Waals surface area contributed by atoms with Gasteiger partial charge in [-0.15, -0.1) is 0 Å². The van der Waals surface area contributed by atoms with Crippen molar-refractivity contribution in [2.24, 2.45) is 0 Å². The van der Waals surface area contributed by atoms with Crippen molar-refractivity contribution in [1.82, 2.24) is 0 Å². The zero-order valence-corrected chi connectivity index (χ0v) is 5.60. The normalized spacial score (nSPS) is 9.73. The zero-order chi connectivity index (χ0) is 8.53. The van der Waals surface area contributed by atoms with E-state index in [0.29, 0.717) is 6.26 Å². The van der Waals surface area contributed by atoms with Crippen LogP contribution in [0, 0.1) is 0 Å². The molecule has 0 bridgehead atoms. The second kappa shape index (κ2) is 6.98. The molecule has 0 aliphatic rings. The summed E-state index contributed by atoms with van der Waals surface area (Å²) in [5.41, 5.74) is 0. The van der Waals surface area contributed by atoms with Crippen molar-refractivity contribution in [3.05, 3.63) is 24.9 Å². The van der Waals surface area contributed by atoms with Crippen LogP contribution in [0.5, 0.6) is 0 Å². The average Bonchev–Trinajstić information content (AvgIpc) is 1.96. The van der Waals surface area contributed by atoms with Gasteiger partial charge in [0.15, 0.2) is 0 Å². The van der Waals surface area contributed by atoms with Crippen molar-refractivity contribution in [2.45, 2.75) is 0 Å². The van der Waals surface area contributed by atoms with Gasteiger partial charge in [0.25, 0.3) is 0 Å². The number of hydrogen-bond acceptors (Lipinski definition) is 2. The Morgan fingerprint density at radius 3 is 2.36 bits per heavy atom. The van der Waals surface area contributed by atoms with Crippen LogP contribution < -0.4 is 0 Å². The standard InChI is InChI=1S/C6H7F3O2/c7-1-2-10-3-4-11-5-6(8)9/h1-2,5H,3-4H2/b2-1+. The van der Waals surface area contributed by atoms with Gasteiger partial charge in [-0.25, -0.2) is 4.39 Å². The molecular weight excluding hydrogens is 161 g/mol. The van der Waals surface area contributed by atoms with Crippen LogP contribution >= 0.6 is 0 Å². The van der Waals surface area contributed by atoms with Crippen molar-refractivity contribution in [3.8, 4) is 0 Å². The second-order valence-electron chi connectivity index (χ2n) is 1.41. The minimum atomic E-state index is -1.91. The first-order valence-corrected chi connectivity index (χ1v) is 2.77. The molecule has 2 nitrogen and oxygen atoms in total. The van der Waals surface area contributed by atoms with Crippen molar-refractivity contribution in [2.75, 3.05) is 13.2 Å². The predicted octanol–water partition coefficient (Wildman–Crippen LogP) is 2.20. The van der Waals surface area contributed by atoms with Crippen LogP contribution in [0.2, 0.25) is 0 Å². The van der Waals surface area contributed by atoms with E-state index in [2.05, 4.69) is 9.47 Å². The molecule has 0 saturated heterocycles. The topological polar surface area (TPSA) is 18.5 Å². The molecule has 0 amide bonds. The molecule has 0 aromatic carbocycles. The molecule has 0 spiro atoms. The predicted molar refractivity (Wildman–Crippen MR) is 32.5 cm³/mol.